The van der Waals surface area contributed by atoms with E-state index in [0.717, 1.165) is 6.42 Å². The summed E-state index contributed by atoms with van der Waals surface area (Å²) in [7, 11) is 0. The van der Waals surface area contributed by atoms with Crippen LogP contribution in [-0.2, 0) is 9.59 Å². The molecule has 1 fully saturated rings. The van der Waals surface area contributed by atoms with Crippen LogP contribution in [0.2, 0.25) is 0 Å². The summed E-state index contributed by atoms with van der Waals surface area (Å²) in [5, 5.41) is 11.9. The number of nitrogens with one attached hydrogen (secondary N) is 1. The number of hydrogen-bond donors (Lipinski definition) is 2. The standard InChI is InChI=1S/C12H18N2O3/c1-3-6-13-8-10(15)14-7-4-5-12(2,9-14)11(16)17/h1,13H,4-9H2,2H3,(H,16,17). The fourth-order valence-electron chi connectivity index (χ4n) is 1.98. The van der Waals surface area contributed by atoms with Crippen LogP contribution in [0.1, 0.15) is 19.8 Å². The minimum Gasteiger partial charge on any atom is -0.481 e. The van der Waals surface area contributed by atoms with Crippen LogP contribution in [0.4, 0.5) is 0 Å². The number of likely N-dealkylation sites (tertiary alicyclic amines) is 1. The number of carbonyl (C=O) groups is 2. The van der Waals surface area contributed by atoms with E-state index in [9.17, 15) is 9.59 Å². The van der Waals surface area contributed by atoms with Gasteiger partial charge in [0.25, 0.3) is 0 Å². The number of terminal acetylenes is 1. The maximum Gasteiger partial charge on any atom is 0.311 e. The Morgan fingerprint density at radius 3 is 2.88 bits per heavy atom. The molecule has 1 atom stereocenters. The molecule has 0 bridgehead atoms. The van der Waals surface area contributed by atoms with Crippen LogP contribution >= 0.6 is 0 Å². The molecular weight excluding hydrogens is 220 g/mol. The van der Waals surface area contributed by atoms with Crippen molar-refractivity contribution in [2.24, 2.45) is 5.41 Å². The van der Waals surface area contributed by atoms with E-state index in [1.165, 1.54) is 0 Å². The molecule has 0 saturated carbocycles. The summed E-state index contributed by atoms with van der Waals surface area (Å²) in [4.78, 5) is 24.5. The third kappa shape index (κ3) is 3.46. The predicted molar refractivity (Wildman–Crippen MR) is 63.3 cm³/mol. The van der Waals surface area contributed by atoms with Gasteiger partial charge in [-0.3, -0.25) is 14.9 Å². The maximum absolute atomic E-state index is 11.8. The van der Waals surface area contributed by atoms with Crippen LogP contribution in [0.25, 0.3) is 0 Å². The lowest BCUT2D eigenvalue weighted by molar-refractivity contribution is -0.153. The topological polar surface area (TPSA) is 69.6 Å². The van der Waals surface area contributed by atoms with Crippen LogP contribution in [-0.4, -0.2) is 48.1 Å². The van der Waals surface area contributed by atoms with Crippen LogP contribution in [0.3, 0.4) is 0 Å². The summed E-state index contributed by atoms with van der Waals surface area (Å²) in [6.07, 6.45) is 6.40. The minimum absolute atomic E-state index is 0.0903. The van der Waals surface area contributed by atoms with E-state index in [1.54, 1.807) is 11.8 Å². The minimum atomic E-state index is -0.841. The van der Waals surface area contributed by atoms with Gasteiger partial charge >= 0.3 is 5.97 Å². The molecule has 0 aromatic heterocycles. The Morgan fingerprint density at radius 1 is 1.59 bits per heavy atom. The highest BCUT2D eigenvalue weighted by atomic mass is 16.4. The van der Waals surface area contributed by atoms with E-state index in [-0.39, 0.29) is 19.0 Å². The van der Waals surface area contributed by atoms with E-state index < -0.39 is 11.4 Å². The number of carboxylic acid groups (broad SMARTS) is 1. The predicted octanol–water partition coefficient (Wildman–Crippen LogP) is -0.0775. The number of carboxylic acids is 1. The largest absolute Gasteiger partial charge is 0.481 e. The van der Waals surface area contributed by atoms with Gasteiger partial charge in [-0.15, -0.1) is 6.42 Å². The molecule has 17 heavy (non-hydrogen) atoms. The number of carbonyl (C=O) groups excluding carboxylic acids is 1. The van der Waals surface area contributed by atoms with Crippen molar-refractivity contribution in [3.8, 4) is 12.3 Å². The molecule has 1 heterocycles. The van der Waals surface area contributed by atoms with Gasteiger partial charge in [0, 0.05) is 13.1 Å². The van der Waals surface area contributed by atoms with Gasteiger partial charge in [-0.2, -0.15) is 0 Å². The van der Waals surface area contributed by atoms with Crippen molar-refractivity contribution in [3.63, 3.8) is 0 Å². The van der Waals surface area contributed by atoms with E-state index in [0.29, 0.717) is 19.5 Å². The summed E-state index contributed by atoms with van der Waals surface area (Å²) in [6, 6.07) is 0. The zero-order chi connectivity index (χ0) is 12.9. The van der Waals surface area contributed by atoms with Crippen molar-refractivity contribution in [1.29, 1.82) is 0 Å². The van der Waals surface area contributed by atoms with Crippen molar-refractivity contribution >= 4 is 11.9 Å². The second-order valence-corrected chi connectivity index (χ2v) is 4.59. The van der Waals surface area contributed by atoms with Gasteiger partial charge in [-0.25, -0.2) is 0 Å². The summed E-state index contributed by atoms with van der Waals surface area (Å²) in [6.45, 7) is 3.09. The zero-order valence-electron chi connectivity index (χ0n) is 10.0. The highest BCUT2D eigenvalue weighted by molar-refractivity contribution is 5.80. The summed E-state index contributed by atoms with van der Waals surface area (Å²) < 4.78 is 0. The first-order valence-corrected chi connectivity index (χ1v) is 5.65. The number of nitrogens with zero attached hydrogens (tertiary/aromatic N) is 1. The Morgan fingerprint density at radius 2 is 2.29 bits per heavy atom. The molecule has 0 spiro atoms. The highest BCUT2D eigenvalue weighted by Crippen LogP contribution is 2.29. The number of aliphatic carboxylic acids is 1. The van der Waals surface area contributed by atoms with Gasteiger partial charge in [0.05, 0.1) is 18.5 Å². The van der Waals surface area contributed by atoms with Crippen LogP contribution in [0.5, 0.6) is 0 Å². The van der Waals surface area contributed by atoms with Crippen molar-refractivity contribution < 1.29 is 14.7 Å². The average Bonchev–Trinajstić information content (AvgIpc) is 2.29. The Balaban J connectivity index is 2.52. The second kappa shape index (κ2) is 5.69. The average molecular weight is 238 g/mol. The van der Waals surface area contributed by atoms with Gasteiger partial charge in [0.2, 0.25) is 5.91 Å². The smallest absolute Gasteiger partial charge is 0.311 e. The molecule has 1 saturated heterocycles. The molecule has 0 aliphatic carbocycles. The molecular formula is C12H18N2O3. The highest BCUT2D eigenvalue weighted by Gasteiger charge is 2.39. The molecule has 5 heteroatoms. The molecule has 94 valence electrons. The molecule has 0 radical (unpaired) electrons. The van der Waals surface area contributed by atoms with Crippen LogP contribution in [0.15, 0.2) is 0 Å². The third-order valence-corrected chi connectivity index (χ3v) is 3.07. The maximum atomic E-state index is 11.8. The molecule has 1 amide bonds. The van der Waals surface area contributed by atoms with Gasteiger partial charge < -0.3 is 10.0 Å². The zero-order valence-corrected chi connectivity index (χ0v) is 10.0. The molecule has 0 aromatic carbocycles. The molecule has 5 nitrogen and oxygen atoms in total. The first-order valence-electron chi connectivity index (χ1n) is 5.65. The van der Waals surface area contributed by atoms with E-state index >= 15 is 0 Å². The number of piperidine rings is 1. The monoisotopic (exact) mass is 238 g/mol. The quantitative estimate of drug-likeness (QED) is 0.531. The number of hydrogen-bond acceptors (Lipinski definition) is 3. The summed E-state index contributed by atoms with van der Waals surface area (Å²) >= 11 is 0. The first-order chi connectivity index (χ1) is 7.99. The van der Waals surface area contributed by atoms with E-state index in [4.69, 9.17) is 11.5 Å². The fraction of sp³-hybridized carbons (Fsp3) is 0.667. The van der Waals surface area contributed by atoms with Crippen LogP contribution < -0.4 is 5.32 Å². The van der Waals surface area contributed by atoms with Crippen molar-refractivity contribution in [3.05, 3.63) is 0 Å². The number of amides is 1. The molecule has 1 aliphatic heterocycles. The summed E-state index contributed by atoms with van der Waals surface area (Å²) in [5.41, 5.74) is -0.819. The van der Waals surface area contributed by atoms with Gasteiger partial charge in [-0.1, -0.05) is 5.92 Å². The third-order valence-electron chi connectivity index (χ3n) is 3.07. The molecule has 1 unspecified atom stereocenters. The molecule has 0 aromatic rings. The first kappa shape index (κ1) is 13.5. The lowest BCUT2D eigenvalue weighted by Gasteiger charge is -2.37. The van der Waals surface area contributed by atoms with Crippen molar-refractivity contribution in [1.82, 2.24) is 10.2 Å². The fourth-order valence-corrected chi connectivity index (χ4v) is 1.98. The number of rotatable bonds is 4. The van der Waals surface area contributed by atoms with Crippen molar-refractivity contribution in [2.45, 2.75) is 19.8 Å². The van der Waals surface area contributed by atoms with Gasteiger partial charge in [0.1, 0.15) is 0 Å². The molecule has 2 N–H and O–H groups in total. The second-order valence-electron chi connectivity index (χ2n) is 4.59. The SMILES string of the molecule is C#CCNCC(=O)N1CCCC(C)(C(=O)O)C1. The Bertz CT molecular complexity index is 348. The normalized spacial score (nSPS) is 24.1. The van der Waals surface area contributed by atoms with E-state index in [1.807, 2.05) is 0 Å². The Labute approximate surface area is 101 Å². The van der Waals surface area contributed by atoms with Crippen LogP contribution in [0, 0.1) is 17.8 Å². The lowest BCUT2D eigenvalue weighted by Crippen LogP contribution is -2.50. The Hall–Kier alpha value is -1.54. The molecule has 1 aliphatic rings. The Kier molecular flexibility index (Phi) is 4.53. The lowest BCUT2D eigenvalue weighted by atomic mass is 9.82. The van der Waals surface area contributed by atoms with Gasteiger partial charge in [-0.05, 0) is 19.8 Å². The van der Waals surface area contributed by atoms with Crippen molar-refractivity contribution in [2.75, 3.05) is 26.2 Å². The summed E-state index contributed by atoms with van der Waals surface area (Å²) in [5.74, 6) is 1.45. The van der Waals surface area contributed by atoms with E-state index in [2.05, 4.69) is 11.2 Å². The van der Waals surface area contributed by atoms with Gasteiger partial charge in [0.15, 0.2) is 0 Å². The molecule has 1 rings (SSSR count).